The van der Waals surface area contributed by atoms with Crippen LogP contribution in [-0.2, 0) is 0 Å². The Balaban J connectivity index is 0.00000210. The van der Waals surface area contributed by atoms with Gasteiger partial charge in [-0.3, -0.25) is 9.48 Å². The molecule has 2 saturated heterocycles. The number of anilines is 2. The van der Waals surface area contributed by atoms with Crippen molar-refractivity contribution in [3.63, 3.8) is 0 Å². The van der Waals surface area contributed by atoms with Gasteiger partial charge < -0.3 is 15.5 Å². The zero-order chi connectivity index (χ0) is 17.8. The van der Waals surface area contributed by atoms with E-state index in [2.05, 4.69) is 25.6 Å². The van der Waals surface area contributed by atoms with Gasteiger partial charge in [0.15, 0.2) is 5.69 Å². The van der Waals surface area contributed by atoms with E-state index < -0.39 is 0 Å². The quantitative estimate of drug-likeness (QED) is 0.839. The van der Waals surface area contributed by atoms with E-state index in [0.29, 0.717) is 17.6 Å². The highest BCUT2D eigenvalue weighted by atomic mass is 35.5. The fraction of sp³-hybridized carbons (Fsp3) is 0.526. The molecular weight excluding hydrogens is 364 g/mol. The first-order valence-corrected chi connectivity index (χ1v) is 9.58. The summed E-state index contributed by atoms with van der Waals surface area (Å²) in [6.45, 7) is 4.13. The summed E-state index contributed by atoms with van der Waals surface area (Å²) in [6.07, 6.45) is 9.73. The molecule has 1 atom stereocenters. The monoisotopic (exact) mass is 390 g/mol. The van der Waals surface area contributed by atoms with Gasteiger partial charge in [-0.15, -0.1) is 12.4 Å². The summed E-state index contributed by atoms with van der Waals surface area (Å²) in [6, 6.07) is 5.99. The molecule has 4 heterocycles. The van der Waals surface area contributed by atoms with Crippen molar-refractivity contribution in [2.45, 2.75) is 38.1 Å². The first kappa shape index (κ1) is 19.6. The SMILES string of the molecule is Cl.O=C(Nc1ccc(N2CCCCC2)cn1)c1ccn(C2CCCNC2)n1. The van der Waals surface area contributed by atoms with Crippen LogP contribution in [0.1, 0.15) is 48.6 Å². The molecule has 7 nitrogen and oxygen atoms in total. The Morgan fingerprint density at radius 1 is 1.15 bits per heavy atom. The third-order valence-corrected chi connectivity index (χ3v) is 5.20. The number of pyridine rings is 1. The Hall–Kier alpha value is -2.12. The van der Waals surface area contributed by atoms with Crippen molar-refractivity contribution in [1.29, 1.82) is 0 Å². The Labute approximate surface area is 165 Å². The highest BCUT2D eigenvalue weighted by Crippen LogP contribution is 2.20. The van der Waals surface area contributed by atoms with Gasteiger partial charge in [-0.2, -0.15) is 5.10 Å². The number of rotatable bonds is 4. The lowest BCUT2D eigenvalue weighted by Crippen LogP contribution is -2.32. The summed E-state index contributed by atoms with van der Waals surface area (Å²) < 4.78 is 1.90. The molecule has 2 aromatic rings. The van der Waals surface area contributed by atoms with Crippen molar-refractivity contribution < 1.29 is 4.79 Å². The fourth-order valence-electron chi connectivity index (χ4n) is 3.70. The number of carbonyl (C=O) groups excluding carboxylic acids is 1. The number of halogens is 1. The molecule has 2 aromatic heterocycles. The van der Waals surface area contributed by atoms with E-state index in [4.69, 9.17) is 0 Å². The normalized spacial score (nSPS) is 20.0. The first-order valence-electron chi connectivity index (χ1n) is 9.58. The molecule has 0 bridgehead atoms. The summed E-state index contributed by atoms with van der Waals surface area (Å²) in [4.78, 5) is 19.2. The van der Waals surface area contributed by atoms with Crippen molar-refractivity contribution in [3.8, 4) is 0 Å². The Morgan fingerprint density at radius 3 is 2.70 bits per heavy atom. The van der Waals surface area contributed by atoms with Gasteiger partial charge in [0, 0.05) is 25.8 Å². The molecule has 1 amide bonds. The van der Waals surface area contributed by atoms with E-state index in [1.807, 2.05) is 29.2 Å². The third kappa shape index (κ3) is 4.78. The summed E-state index contributed by atoms with van der Waals surface area (Å²) >= 11 is 0. The highest BCUT2D eigenvalue weighted by Gasteiger charge is 2.18. The van der Waals surface area contributed by atoms with Gasteiger partial charge in [-0.05, 0) is 56.8 Å². The van der Waals surface area contributed by atoms with Crippen molar-refractivity contribution in [1.82, 2.24) is 20.1 Å². The molecule has 146 valence electrons. The van der Waals surface area contributed by atoms with E-state index in [1.54, 1.807) is 6.07 Å². The lowest BCUT2D eigenvalue weighted by Gasteiger charge is -2.28. The van der Waals surface area contributed by atoms with Gasteiger partial charge in [-0.1, -0.05) is 0 Å². The van der Waals surface area contributed by atoms with Gasteiger partial charge in [0.25, 0.3) is 5.91 Å². The van der Waals surface area contributed by atoms with Crippen LogP contribution < -0.4 is 15.5 Å². The molecule has 0 aromatic carbocycles. The smallest absolute Gasteiger partial charge is 0.277 e. The number of aromatic nitrogens is 3. The second-order valence-corrected chi connectivity index (χ2v) is 7.08. The lowest BCUT2D eigenvalue weighted by molar-refractivity contribution is 0.102. The standard InChI is InChI=1S/C19H26N6O.ClH/c26-19(17-8-12-25(23-17)16-5-4-9-20-13-16)22-18-7-6-15(14-21-18)24-10-2-1-3-11-24;/h6-8,12,14,16,20H,1-5,9-11,13H2,(H,21,22,26);1H. The van der Waals surface area contributed by atoms with Crippen LogP contribution in [0.2, 0.25) is 0 Å². The van der Waals surface area contributed by atoms with Crippen LogP contribution in [-0.4, -0.2) is 46.9 Å². The summed E-state index contributed by atoms with van der Waals surface area (Å²) in [5.74, 6) is 0.343. The minimum absolute atomic E-state index is 0. The molecule has 0 radical (unpaired) electrons. The molecule has 2 aliphatic rings. The topological polar surface area (TPSA) is 75.1 Å². The average molecular weight is 391 g/mol. The molecule has 2 N–H and O–H groups in total. The van der Waals surface area contributed by atoms with E-state index in [-0.39, 0.29) is 18.3 Å². The van der Waals surface area contributed by atoms with Gasteiger partial charge in [-0.25, -0.2) is 4.98 Å². The second kappa shape index (κ2) is 9.19. The number of hydrogen-bond acceptors (Lipinski definition) is 5. The molecule has 2 aliphatic heterocycles. The summed E-state index contributed by atoms with van der Waals surface area (Å²) in [7, 11) is 0. The highest BCUT2D eigenvalue weighted by molar-refractivity contribution is 6.02. The maximum Gasteiger partial charge on any atom is 0.277 e. The van der Waals surface area contributed by atoms with E-state index in [9.17, 15) is 4.79 Å². The second-order valence-electron chi connectivity index (χ2n) is 7.08. The van der Waals surface area contributed by atoms with Gasteiger partial charge >= 0.3 is 0 Å². The molecule has 0 saturated carbocycles. The summed E-state index contributed by atoms with van der Waals surface area (Å²) in [5.41, 5.74) is 1.55. The van der Waals surface area contributed by atoms with Crippen molar-refractivity contribution in [2.24, 2.45) is 0 Å². The fourth-order valence-corrected chi connectivity index (χ4v) is 3.70. The molecule has 8 heteroatoms. The summed E-state index contributed by atoms with van der Waals surface area (Å²) in [5, 5.41) is 10.7. The largest absolute Gasteiger partial charge is 0.370 e. The Morgan fingerprint density at radius 2 is 2.00 bits per heavy atom. The number of nitrogens with one attached hydrogen (secondary N) is 2. The van der Waals surface area contributed by atoms with Crippen molar-refractivity contribution in [2.75, 3.05) is 36.4 Å². The van der Waals surface area contributed by atoms with Crippen LogP contribution in [0.4, 0.5) is 11.5 Å². The molecule has 4 rings (SSSR count). The molecular formula is C19H27ClN6O. The number of nitrogens with zero attached hydrogens (tertiary/aromatic N) is 4. The van der Waals surface area contributed by atoms with E-state index in [1.165, 1.54) is 19.3 Å². The molecule has 2 fully saturated rings. The van der Waals surface area contributed by atoms with E-state index >= 15 is 0 Å². The zero-order valence-electron chi connectivity index (χ0n) is 15.4. The minimum atomic E-state index is -0.217. The van der Waals surface area contributed by atoms with Crippen LogP contribution in [0.15, 0.2) is 30.6 Å². The molecule has 27 heavy (non-hydrogen) atoms. The maximum atomic E-state index is 12.4. The van der Waals surface area contributed by atoms with Crippen molar-refractivity contribution in [3.05, 3.63) is 36.3 Å². The average Bonchev–Trinajstić information content (AvgIpc) is 3.20. The van der Waals surface area contributed by atoms with Crippen LogP contribution in [0.5, 0.6) is 0 Å². The number of hydrogen-bond donors (Lipinski definition) is 2. The predicted octanol–water partition coefficient (Wildman–Crippen LogP) is 2.87. The molecule has 0 aliphatic carbocycles. The van der Waals surface area contributed by atoms with Gasteiger partial charge in [0.2, 0.25) is 0 Å². The third-order valence-electron chi connectivity index (χ3n) is 5.20. The van der Waals surface area contributed by atoms with Crippen LogP contribution >= 0.6 is 12.4 Å². The van der Waals surface area contributed by atoms with E-state index in [0.717, 1.165) is 44.7 Å². The number of piperidine rings is 2. The Bertz CT molecular complexity index is 735. The Kier molecular flexibility index (Phi) is 6.68. The maximum absolute atomic E-state index is 12.4. The zero-order valence-corrected chi connectivity index (χ0v) is 16.2. The molecule has 0 spiro atoms. The van der Waals surface area contributed by atoms with Gasteiger partial charge in [0.05, 0.1) is 17.9 Å². The molecule has 1 unspecified atom stereocenters. The van der Waals surface area contributed by atoms with Gasteiger partial charge in [0.1, 0.15) is 5.82 Å². The van der Waals surface area contributed by atoms with Crippen LogP contribution in [0, 0.1) is 0 Å². The van der Waals surface area contributed by atoms with Crippen LogP contribution in [0.3, 0.4) is 0 Å². The number of carbonyl (C=O) groups is 1. The minimum Gasteiger partial charge on any atom is -0.370 e. The van der Waals surface area contributed by atoms with Crippen LogP contribution in [0.25, 0.3) is 0 Å². The van der Waals surface area contributed by atoms with Crippen molar-refractivity contribution >= 4 is 29.8 Å². The predicted molar refractivity (Wildman–Crippen MR) is 109 cm³/mol. The lowest BCUT2D eigenvalue weighted by atomic mass is 10.1. The first-order chi connectivity index (χ1) is 12.8. The number of amides is 1.